The van der Waals surface area contributed by atoms with Gasteiger partial charge in [0.25, 0.3) is 5.91 Å². The fourth-order valence-corrected chi connectivity index (χ4v) is 5.60. The third-order valence-electron chi connectivity index (χ3n) is 7.11. The molecule has 0 radical (unpaired) electrons. The quantitative estimate of drug-likeness (QED) is 0.494. The Hall–Kier alpha value is -1.73. The van der Waals surface area contributed by atoms with Gasteiger partial charge in [0.2, 0.25) is 0 Å². The molecule has 5 atom stereocenters. The summed E-state index contributed by atoms with van der Waals surface area (Å²) < 4.78 is 24.0. The van der Waals surface area contributed by atoms with Gasteiger partial charge in [0.15, 0.2) is 14.4 Å². The van der Waals surface area contributed by atoms with Crippen molar-refractivity contribution >= 4 is 26.4 Å². The van der Waals surface area contributed by atoms with Crippen molar-refractivity contribution in [2.24, 2.45) is 0 Å². The van der Waals surface area contributed by atoms with E-state index in [9.17, 15) is 24.6 Å². The highest BCUT2D eigenvalue weighted by molar-refractivity contribution is 6.74. The predicted octanol–water partition coefficient (Wildman–Crippen LogP) is 3.62. The van der Waals surface area contributed by atoms with Crippen molar-refractivity contribution < 1.29 is 43.2 Å². The van der Waals surface area contributed by atoms with Gasteiger partial charge in [0.05, 0.1) is 24.8 Å². The SMILES string of the molecule is CC(C)(C)OC(=O)N1C(=O)[C@H](O)[C@H](O)[C@H]1[C@@H](O[Si](C)(C)C(C)(C)C)[C@@H]1COC(C)(C)N1C(=O)OC(C)(C)C. The summed E-state index contributed by atoms with van der Waals surface area (Å²) in [6.07, 6.45) is -6.36. The standard InChI is InChI=1S/C26H48N2O9Si/c1-23(2,3)35-21(32)27-16(17(29)18(30)20(27)31)19(37-38(12,13)25(7,8)9)15-14-34-26(10,11)28(15)22(33)36-24(4,5)6/h15-19,29-30H,14H2,1-13H3/t15-,16-,17+,18+,19-/m0/s1. The minimum atomic E-state index is -2.66. The molecule has 0 unspecified atom stereocenters. The van der Waals surface area contributed by atoms with Gasteiger partial charge >= 0.3 is 12.2 Å². The van der Waals surface area contributed by atoms with E-state index in [2.05, 4.69) is 0 Å². The van der Waals surface area contributed by atoms with Crippen LogP contribution in [0.2, 0.25) is 18.1 Å². The van der Waals surface area contributed by atoms with E-state index in [1.807, 2.05) is 33.9 Å². The Morgan fingerprint density at radius 3 is 1.89 bits per heavy atom. The van der Waals surface area contributed by atoms with Gasteiger partial charge in [-0.05, 0) is 73.5 Å². The molecule has 2 fully saturated rings. The second-order valence-corrected chi connectivity index (χ2v) is 18.9. The number of carbonyl (C=O) groups is 3. The van der Waals surface area contributed by atoms with Crippen LogP contribution in [0.5, 0.6) is 0 Å². The van der Waals surface area contributed by atoms with Gasteiger partial charge in [-0.2, -0.15) is 0 Å². The van der Waals surface area contributed by atoms with Crippen LogP contribution >= 0.6 is 0 Å². The van der Waals surface area contributed by atoms with Crippen LogP contribution in [-0.2, 0) is 23.4 Å². The zero-order valence-electron chi connectivity index (χ0n) is 25.2. The third-order valence-corrected chi connectivity index (χ3v) is 11.6. The Labute approximate surface area is 227 Å². The van der Waals surface area contributed by atoms with Gasteiger partial charge in [-0.3, -0.25) is 9.69 Å². The molecule has 220 valence electrons. The molecule has 0 aromatic heterocycles. The topological polar surface area (TPSA) is 135 Å². The van der Waals surface area contributed by atoms with Gasteiger partial charge in [0.1, 0.15) is 23.0 Å². The Morgan fingerprint density at radius 2 is 1.45 bits per heavy atom. The number of aliphatic hydroxyl groups is 2. The zero-order chi connectivity index (χ0) is 29.8. The minimum absolute atomic E-state index is 0.0127. The smallest absolute Gasteiger partial charge is 0.417 e. The van der Waals surface area contributed by atoms with Crippen LogP contribution in [-0.4, -0.2) is 100 Å². The number of rotatable bonds is 4. The first-order valence-electron chi connectivity index (χ1n) is 13.1. The molecule has 0 bridgehead atoms. The molecule has 11 nitrogen and oxygen atoms in total. The lowest BCUT2D eigenvalue weighted by Crippen LogP contribution is -2.63. The highest BCUT2D eigenvalue weighted by Crippen LogP contribution is 2.42. The van der Waals surface area contributed by atoms with E-state index in [0.717, 1.165) is 4.90 Å². The zero-order valence-corrected chi connectivity index (χ0v) is 26.2. The van der Waals surface area contributed by atoms with Crippen LogP contribution in [0.3, 0.4) is 0 Å². The molecule has 2 N–H and O–H groups in total. The first kappa shape index (κ1) is 32.5. The van der Waals surface area contributed by atoms with E-state index in [-0.39, 0.29) is 11.6 Å². The van der Waals surface area contributed by atoms with Gasteiger partial charge in [-0.1, -0.05) is 20.8 Å². The summed E-state index contributed by atoms with van der Waals surface area (Å²) in [6.45, 7) is 23.6. The van der Waals surface area contributed by atoms with E-state index in [4.69, 9.17) is 18.6 Å². The molecule has 2 heterocycles. The fraction of sp³-hybridized carbons (Fsp3) is 0.885. The first-order chi connectivity index (χ1) is 16.8. The largest absolute Gasteiger partial charge is 0.444 e. The summed E-state index contributed by atoms with van der Waals surface area (Å²) in [5.74, 6) is -0.998. The lowest BCUT2D eigenvalue weighted by molar-refractivity contribution is -0.136. The number of carbonyl (C=O) groups excluding carboxylic acids is 3. The molecule has 38 heavy (non-hydrogen) atoms. The van der Waals surface area contributed by atoms with Crippen molar-refractivity contribution in [3.05, 3.63) is 0 Å². The number of aliphatic hydroxyl groups excluding tert-OH is 2. The van der Waals surface area contributed by atoms with E-state index >= 15 is 0 Å². The predicted molar refractivity (Wildman–Crippen MR) is 143 cm³/mol. The molecular weight excluding hydrogens is 512 g/mol. The molecular formula is C26H48N2O9Si. The van der Waals surface area contributed by atoms with Gasteiger partial charge in [0, 0.05) is 0 Å². The summed E-state index contributed by atoms with van der Waals surface area (Å²) in [5, 5.41) is 21.5. The van der Waals surface area contributed by atoms with Crippen LogP contribution in [0.15, 0.2) is 0 Å². The molecule has 2 aliphatic rings. The van der Waals surface area contributed by atoms with Crippen molar-refractivity contribution in [2.75, 3.05) is 6.61 Å². The Bertz CT molecular complexity index is 917. The monoisotopic (exact) mass is 560 g/mol. The van der Waals surface area contributed by atoms with E-state index in [0.29, 0.717) is 0 Å². The summed E-state index contributed by atoms with van der Waals surface area (Å²) in [5.41, 5.74) is -2.88. The Kier molecular flexibility index (Phi) is 8.84. The lowest BCUT2D eigenvalue weighted by atomic mass is 9.97. The summed E-state index contributed by atoms with van der Waals surface area (Å²) in [4.78, 5) is 42.0. The van der Waals surface area contributed by atoms with Crippen molar-refractivity contribution in [1.29, 1.82) is 0 Å². The summed E-state index contributed by atoms with van der Waals surface area (Å²) in [6, 6.07) is -2.22. The van der Waals surface area contributed by atoms with Crippen LogP contribution in [0.25, 0.3) is 0 Å². The van der Waals surface area contributed by atoms with Gasteiger partial charge < -0.3 is 28.8 Å². The minimum Gasteiger partial charge on any atom is -0.444 e. The Morgan fingerprint density at radius 1 is 0.974 bits per heavy atom. The molecule has 12 heteroatoms. The van der Waals surface area contributed by atoms with Crippen molar-refractivity contribution in [2.45, 2.75) is 142 Å². The molecule has 0 aliphatic carbocycles. The fourth-order valence-electron chi connectivity index (χ4n) is 4.27. The summed E-state index contributed by atoms with van der Waals surface area (Å²) in [7, 11) is -2.66. The number of nitrogens with zero attached hydrogens (tertiary/aromatic N) is 2. The molecule has 3 amide bonds. The summed E-state index contributed by atoms with van der Waals surface area (Å²) >= 11 is 0. The van der Waals surface area contributed by atoms with Crippen LogP contribution in [0.4, 0.5) is 9.59 Å². The second kappa shape index (κ2) is 10.3. The average molecular weight is 561 g/mol. The number of likely N-dealkylation sites (tertiary alicyclic amines) is 1. The van der Waals surface area contributed by atoms with Gasteiger partial charge in [-0.25, -0.2) is 14.5 Å². The molecule has 0 aromatic carbocycles. The van der Waals surface area contributed by atoms with Crippen LogP contribution in [0, 0.1) is 0 Å². The maximum Gasteiger partial charge on any atom is 0.417 e. The van der Waals surface area contributed by atoms with Crippen molar-refractivity contribution in [3.8, 4) is 0 Å². The van der Waals surface area contributed by atoms with E-state index in [1.165, 1.54) is 4.90 Å². The van der Waals surface area contributed by atoms with Crippen molar-refractivity contribution in [1.82, 2.24) is 9.80 Å². The number of amides is 3. The maximum absolute atomic E-state index is 13.5. The normalized spacial score (nSPS) is 27.5. The number of hydrogen-bond acceptors (Lipinski definition) is 9. The number of imide groups is 1. The lowest BCUT2D eigenvalue weighted by Gasteiger charge is -2.46. The Balaban J connectivity index is 2.69. The second-order valence-electron chi connectivity index (χ2n) is 14.1. The van der Waals surface area contributed by atoms with Gasteiger partial charge in [-0.15, -0.1) is 0 Å². The molecule has 0 spiro atoms. The van der Waals surface area contributed by atoms with E-state index in [1.54, 1.807) is 55.4 Å². The maximum atomic E-state index is 13.5. The molecule has 0 aromatic rings. The van der Waals surface area contributed by atoms with Crippen LogP contribution < -0.4 is 0 Å². The average Bonchev–Trinajstić information content (AvgIpc) is 3.10. The van der Waals surface area contributed by atoms with Crippen LogP contribution in [0.1, 0.15) is 76.2 Å². The highest BCUT2D eigenvalue weighted by Gasteiger charge is 2.61. The van der Waals surface area contributed by atoms with E-state index < -0.39 is 73.7 Å². The number of ether oxygens (including phenoxy) is 3. The third kappa shape index (κ3) is 6.88. The number of hydrogen-bond donors (Lipinski definition) is 2. The first-order valence-corrected chi connectivity index (χ1v) is 16.0. The molecule has 2 aliphatic heterocycles. The molecule has 2 saturated heterocycles. The molecule has 2 rings (SSSR count). The highest BCUT2D eigenvalue weighted by atomic mass is 28.4. The molecule has 0 saturated carbocycles. The van der Waals surface area contributed by atoms with Crippen molar-refractivity contribution in [3.63, 3.8) is 0 Å².